The Bertz CT molecular complexity index is 1820. The first-order valence-electron chi connectivity index (χ1n) is 19.1. The van der Waals surface area contributed by atoms with Gasteiger partial charge in [0.05, 0.1) is 23.6 Å². The normalized spacial score (nSPS) is 31.7. The van der Waals surface area contributed by atoms with Crippen molar-refractivity contribution < 1.29 is 32.2 Å². The smallest absolute Gasteiger partial charge is 0.264 e. The zero-order valence-corrected chi connectivity index (χ0v) is 32.7. The highest BCUT2D eigenvalue weighted by Gasteiger charge is 2.49. The van der Waals surface area contributed by atoms with E-state index in [0.717, 1.165) is 63.0 Å². The highest BCUT2D eigenvalue weighted by molar-refractivity contribution is 7.90. The van der Waals surface area contributed by atoms with Crippen LogP contribution in [-0.2, 0) is 37.3 Å². The molecule has 4 aliphatic heterocycles. The highest BCUT2D eigenvalue weighted by Crippen LogP contribution is 2.47. The van der Waals surface area contributed by atoms with E-state index in [0.29, 0.717) is 50.0 Å². The lowest BCUT2D eigenvalue weighted by Crippen LogP contribution is -2.63. The maximum absolute atomic E-state index is 13.6. The number of rotatable bonds is 3. The van der Waals surface area contributed by atoms with Crippen LogP contribution >= 0.6 is 11.6 Å². The lowest BCUT2D eigenvalue weighted by Gasteiger charge is -2.52. The largest absolute Gasteiger partial charge is 0.487 e. The standard InChI is InChI=1S/C40H53ClN4O7S/c1-27-7-6-15-40(50-3,26-43-17-18-45-34(22-43)24-51-25-38(45)46)35-13-10-31(35)21-44-16-5-4-8-29-19-33(41)12-9-32(29)23-52-37-14-11-30(20-36(37)44)39(47)42-53(48,49)28(27)2/h6,9,11-12,14-15,19-20,27-28,31,34-35H,4-5,7-8,10,13,16-18,21-26H2,1-3H3,(H,42,47)/b15-6+/t27-,28+,31-,34-,35+,40+/m0/s1. The van der Waals surface area contributed by atoms with Crippen molar-refractivity contribution in [2.24, 2.45) is 17.8 Å². The van der Waals surface area contributed by atoms with Gasteiger partial charge in [0.25, 0.3) is 5.91 Å². The molecule has 11 nitrogen and oxygen atoms in total. The molecule has 7 rings (SSSR count). The third kappa shape index (κ3) is 8.12. The molecule has 1 aliphatic carbocycles. The zero-order valence-electron chi connectivity index (χ0n) is 31.1. The summed E-state index contributed by atoms with van der Waals surface area (Å²) in [7, 11) is -2.20. The minimum atomic E-state index is -3.99. The van der Waals surface area contributed by atoms with Gasteiger partial charge in [-0.2, -0.15) is 0 Å². The van der Waals surface area contributed by atoms with Crippen LogP contribution in [0.4, 0.5) is 5.69 Å². The van der Waals surface area contributed by atoms with E-state index in [-0.39, 0.29) is 41.9 Å². The number of hydrogen-bond acceptors (Lipinski definition) is 9. The summed E-state index contributed by atoms with van der Waals surface area (Å²) < 4.78 is 48.3. The maximum Gasteiger partial charge on any atom is 0.264 e. The summed E-state index contributed by atoms with van der Waals surface area (Å²) in [5.41, 5.74) is 2.66. The summed E-state index contributed by atoms with van der Waals surface area (Å²) in [6.45, 7) is 8.82. The van der Waals surface area contributed by atoms with Crippen LogP contribution in [0.25, 0.3) is 0 Å². The Labute approximate surface area is 319 Å². The zero-order chi connectivity index (χ0) is 37.3. The molecule has 3 fully saturated rings. The fraction of sp³-hybridized carbons (Fsp3) is 0.600. The van der Waals surface area contributed by atoms with Gasteiger partial charge in [0.15, 0.2) is 0 Å². The van der Waals surface area contributed by atoms with E-state index in [1.165, 1.54) is 5.56 Å². The van der Waals surface area contributed by atoms with Gasteiger partial charge in [-0.05, 0) is 105 Å². The van der Waals surface area contributed by atoms with Crippen LogP contribution in [0.3, 0.4) is 0 Å². The molecule has 5 aliphatic rings. The Morgan fingerprint density at radius 2 is 1.85 bits per heavy atom. The molecule has 1 saturated carbocycles. The number of piperazine rings is 1. The molecular formula is C40H53ClN4O7S. The monoisotopic (exact) mass is 768 g/mol. The topological polar surface area (TPSA) is 118 Å². The first-order valence-corrected chi connectivity index (χ1v) is 21.1. The molecule has 2 saturated heterocycles. The van der Waals surface area contributed by atoms with Crippen LogP contribution in [0.5, 0.6) is 5.75 Å². The summed E-state index contributed by atoms with van der Waals surface area (Å²) >= 11 is 6.40. The number of methoxy groups -OCH3 is 1. The number of anilines is 1. The number of carbonyl (C=O) groups excluding carboxylic acids is 2. The van der Waals surface area contributed by atoms with Crippen molar-refractivity contribution in [3.63, 3.8) is 0 Å². The number of fused-ring (bicyclic) bond motifs is 4. The van der Waals surface area contributed by atoms with Crippen molar-refractivity contribution in [2.45, 2.75) is 75.9 Å². The lowest BCUT2D eigenvalue weighted by molar-refractivity contribution is -0.155. The van der Waals surface area contributed by atoms with Crippen molar-refractivity contribution in [3.8, 4) is 5.75 Å². The quantitative estimate of drug-likeness (QED) is 0.428. The molecule has 2 aromatic carbocycles. The predicted molar refractivity (Wildman–Crippen MR) is 205 cm³/mol. The summed E-state index contributed by atoms with van der Waals surface area (Å²) in [6, 6.07) is 11.2. The molecule has 288 valence electrons. The van der Waals surface area contributed by atoms with Crippen LogP contribution in [0.1, 0.15) is 67.4 Å². The molecule has 1 N–H and O–H groups in total. The molecule has 2 amide bonds. The van der Waals surface area contributed by atoms with Crippen molar-refractivity contribution >= 4 is 39.1 Å². The second-order valence-electron chi connectivity index (χ2n) is 15.7. The van der Waals surface area contributed by atoms with Gasteiger partial charge in [-0.1, -0.05) is 36.7 Å². The fourth-order valence-corrected chi connectivity index (χ4v) is 10.4. The second kappa shape index (κ2) is 15.9. The fourth-order valence-electron chi connectivity index (χ4n) is 8.88. The minimum absolute atomic E-state index is 0.0125. The summed E-state index contributed by atoms with van der Waals surface area (Å²) in [6.07, 6.45) is 9.53. The molecule has 13 heteroatoms. The van der Waals surface area contributed by atoms with E-state index >= 15 is 0 Å². The molecule has 4 heterocycles. The van der Waals surface area contributed by atoms with Gasteiger partial charge in [0.1, 0.15) is 24.6 Å². The van der Waals surface area contributed by atoms with Crippen LogP contribution in [0.2, 0.25) is 5.02 Å². The number of allylic oxidation sites excluding steroid dienone is 1. The van der Waals surface area contributed by atoms with Crippen LogP contribution in [0.15, 0.2) is 48.6 Å². The third-order valence-electron chi connectivity index (χ3n) is 12.4. The number of morpholine rings is 1. The Balaban J connectivity index is 1.25. The van der Waals surface area contributed by atoms with E-state index in [1.54, 1.807) is 32.2 Å². The van der Waals surface area contributed by atoms with E-state index in [4.69, 9.17) is 25.8 Å². The van der Waals surface area contributed by atoms with Crippen molar-refractivity contribution in [1.82, 2.24) is 14.5 Å². The number of nitrogens with one attached hydrogen (secondary N) is 1. The second-order valence-corrected chi connectivity index (χ2v) is 18.2. The average Bonchev–Trinajstić information content (AvgIpc) is 3.15. The molecule has 53 heavy (non-hydrogen) atoms. The summed E-state index contributed by atoms with van der Waals surface area (Å²) in [4.78, 5) is 32.9. The molecule has 0 aromatic heterocycles. The van der Waals surface area contributed by atoms with Crippen LogP contribution in [-0.4, -0.2) is 107 Å². The number of amides is 2. The number of benzene rings is 2. The number of nitrogens with zero attached hydrogens (tertiary/aromatic N) is 3. The number of halogens is 1. The van der Waals surface area contributed by atoms with Crippen molar-refractivity contribution in [3.05, 3.63) is 70.3 Å². The Kier molecular flexibility index (Phi) is 11.4. The van der Waals surface area contributed by atoms with Gasteiger partial charge >= 0.3 is 0 Å². The number of hydrogen-bond donors (Lipinski definition) is 1. The number of ether oxygens (including phenoxy) is 3. The number of aryl methyl sites for hydroxylation is 1. The first-order chi connectivity index (χ1) is 25.5. The summed E-state index contributed by atoms with van der Waals surface area (Å²) in [5, 5.41) is -0.115. The molecule has 0 unspecified atom stereocenters. The Hall–Kier alpha value is -3.16. The van der Waals surface area contributed by atoms with Gasteiger partial charge < -0.3 is 24.0 Å². The number of carbonyl (C=O) groups is 2. The lowest BCUT2D eigenvalue weighted by atomic mass is 9.63. The number of sulfonamides is 1. The van der Waals surface area contributed by atoms with Gasteiger partial charge in [-0.25, -0.2) is 13.1 Å². The van der Waals surface area contributed by atoms with E-state index in [9.17, 15) is 18.0 Å². The van der Waals surface area contributed by atoms with Gasteiger partial charge in [0, 0.05) is 57.0 Å². The summed E-state index contributed by atoms with van der Waals surface area (Å²) in [5.74, 6) is 0.266. The maximum atomic E-state index is 13.6. The molecule has 0 radical (unpaired) electrons. The molecule has 6 atom stereocenters. The van der Waals surface area contributed by atoms with Crippen molar-refractivity contribution in [1.29, 1.82) is 0 Å². The van der Waals surface area contributed by atoms with Crippen LogP contribution in [0, 0.1) is 17.8 Å². The Morgan fingerprint density at radius 1 is 1.00 bits per heavy atom. The van der Waals surface area contributed by atoms with Gasteiger partial charge in [0.2, 0.25) is 15.9 Å². The third-order valence-corrected chi connectivity index (χ3v) is 14.6. The predicted octanol–water partition coefficient (Wildman–Crippen LogP) is 5.06. The van der Waals surface area contributed by atoms with E-state index in [1.807, 2.05) is 30.0 Å². The molecule has 2 aromatic rings. The highest BCUT2D eigenvalue weighted by atomic mass is 35.5. The molecular weight excluding hydrogens is 716 g/mol. The van der Waals surface area contributed by atoms with Crippen LogP contribution < -0.4 is 14.4 Å². The molecule has 0 spiro atoms. The average molecular weight is 769 g/mol. The van der Waals surface area contributed by atoms with E-state index in [2.05, 4.69) is 26.7 Å². The van der Waals surface area contributed by atoms with Gasteiger partial charge in [-0.3, -0.25) is 14.5 Å². The van der Waals surface area contributed by atoms with E-state index < -0.39 is 26.8 Å². The SMILES string of the molecule is CO[C@@]1(CN2CCN3C(=O)COC[C@@H]3C2)/C=C/C[C@H](C)[C@@H](C)S(=O)(=O)NC(=O)c2ccc3c(c2)N(CCCCc2cc(Cl)ccc2CO3)C[C@@H]2CC[C@H]21. The van der Waals surface area contributed by atoms with Gasteiger partial charge in [-0.15, -0.1) is 0 Å². The van der Waals surface area contributed by atoms with Crippen molar-refractivity contribution in [2.75, 3.05) is 64.5 Å². The first kappa shape index (κ1) is 38.1. The minimum Gasteiger partial charge on any atom is -0.487 e. The molecule has 2 bridgehead atoms. The Morgan fingerprint density at radius 3 is 2.64 bits per heavy atom.